The summed E-state index contributed by atoms with van der Waals surface area (Å²) in [5.74, 6) is -0.333. The molecule has 2 N–H and O–H groups in total. The van der Waals surface area contributed by atoms with Gasteiger partial charge in [-0.2, -0.15) is 0 Å². The van der Waals surface area contributed by atoms with Crippen LogP contribution >= 0.6 is 0 Å². The molecule has 0 aromatic heterocycles. The lowest BCUT2D eigenvalue weighted by molar-refractivity contribution is -0.172. The molecule has 0 saturated heterocycles. The summed E-state index contributed by atoms with van der Waals surface area (Å²) < 4.78 is 11.2. The molecule has 0 aromatic rings. The van der Waals surface area contributed by atoms with Gasteiger partial charge in [-0.25, -0.2) is 0 Å². The molecule has 0 unspecified atom stereocenters. The van der Waals surface area contributed by atoms with E-state index in [0.717, 1.165) is 83.6 Å². The van der Waals surface area contributed by atoms with Crippen LogP contribution < -0.4 is 5.32 Å². The number of carbonyl (C=O) groups excluding carboxylic acids is 2. The minimum absolute atomic E-state index is 0.324. The maximum absolute atomic E-state index is 13.1. The molecule has 1 aliphatic carbocycles. The molecule has 6 heteroatoms. The Kier molecular flexibility index (Phi) is 21.7. The number of aliphatic hydroxyl groups excluding tert-OH is 1. The first-order chi connectivity index (χ1) is 19.0. The Morgan fingerprint density at radius 3 is 1.67 bits per heavy atom. The van der Waals surface area contributed by atoms with Gasteiger partial charge in [-0.3, -0.25) is 9.59 Å². The third-order valence-electron chi connectivity index (χ3n) is 8.50. The topological polar surface area (TPSA) is 84.9 Å². The van der Waals surface area contributed by atoms with Crippen LogP contribution in [0.4, 0.5) is 0 Å². The van der Waals surface area contributed by atoms with Gasteiger partial charge in [0.25, 0.3) is 0 Å². The summed E-state index contributed by atoms with van der Waals surface area (Å²) in [7, 11) is 0. The normalized spacial score (nSPS) is 17.7. The third-order valence-corrected chi connectivity index (χ3v) is 8.50. The molecule has 1 fully saturated rings. The highest BCUT2D eigenvalue weighted by atomic mass is 16.6. The average molecular weight is 554 g/mol. The first kappa shape index (κ1) is 35.9. The Hall–Kier alpha value is -1.14. The van der Waals surface area contributed by atoms with Crippen LogP contribution in [0.3, 0.4) is 0 Å². The number of rotatable bonds is 25. The van der Waals surface area contributed by atoms with Crippen molar-refractivity contribution in [2.45, 2.75) is 162 Å². The van der Waals surface area contributed by atoms with E-state index in [2.05, 4.69) is 19.2 Å². The Morgan fingerprint density at radius 2 is 1.15 bits per heavy atom. The fourth-order valence-corrected chi connectivity index (χ4v) is 5.51. The van der Waals surface area contributed by atoms with Crippen molar-refractivity contribution in [1.29, 1.82) is 0 Å². The fourth-order valence-electron chi connectivity index (χ4n) is 5.51. The second-order valence-electron chi connectivity index (χ2n) is 12.2. The first-order valence-corrected chi connectivity index (χ1v) is 16.7. The van der Waals surface area contributed by atoms with E-state index in [0.29, 0.717) is 38.2 Å². The van der Waals surface area contributed by atoms with Crippen molar-refractivity contribution >= 4 is 11.9 Å². The number of aliphatic hydroxyl groups is 1. The van der Waals surface area contributed by atoms with Crippen LogP contribution in [0.2, 0.25) is 0 Å². The summed E-state index contributed by atoms with van der Waals surface area (Å²) >= 11 is 0. The van der Waals surface area contributed by atoms with Gasteiger partial charge in [-0.15, -0.1) is 0 Å². The number of unbranched alkanes of at least 4 members (excludes halogenated alkanes) is 13. The van der Waals surface area contributed by atoms with Crippen LogP contribution in [-0.2, 0) is 19.1 Å². The standard InChI is InChI=1S/C33H63NO5/c1-4-6-8-10-14-18-26-38-31(36)33(3,32(37)39-27-19-15-11-9-7-5-2)24-16-12-13-17-25-34-30-22-20-29(28-35)21-23-30/h29-30,34-35H,4-28H2,1-3H3. The second kappa shape index (κ2) is 23.6. The summed E-state index contributed by atoms with van der Waals surface area (Å²) in [5, 5.41) is 13.0. The number of nitrogens with one attached hydrogen (secondary N) is 1. The van der Waals surface area contributed by atoms with E-state index in [4.69, 9.17) is 9.47 Å². The zero-order valence-corrected chi connectivity index (χ0v) is 25.9. The number of hydrogen-bond acceptors (Lipinski definition) is 6. The van der Waals surface area contributed by atoms with Crippen molar-refractivity contribution in [3.63, 3.8) is 0 Å². The van der Waals surface area contributed by atoms with Crippen LogP contribution in [0.25, 0.3) is 0 Å². The molecular formula is C33H63NO5. The molecule has 0 spiro atoms. The molecule has 230 valence electrons. The molecule has 39 heavy (non-hydrogen) atoms. The fraction of sp³-hybridized carbons (Fsp3) is 0.939. The molecule has 6 nitrogen and oxygen atoms in total. The highest BCUT2D eigenvalue weighted by Crippen LogP contribution is 2.29. The highest BCUT2D eigenvalue weighted by Gasteiger charge is 2.43. The van der Waals surface area contributed by atoms with Gasteiger partial charge in [-0.1, -0.05) is 97.3 Å². The highest BCUT2D eigenvalue weighted by molar-refractivity contribution is 5.99. The molecule has 1 saturated carbocycles. The molecule has 0 radical (unpaired) electrons. The van der Waals surface area contributed by atoms with E-state index < -0.39 is 17.4 Å². The van der Waals surface area contributed by atoms with E-state index in [-0.39, 0.29) is 0 Å². The molecule has 0 atom stereocenters. The van der Waals surface area contributed by atoms with Crippen LogP contribution in [0.5, 0.6) is 0 Å². The minimum atomic E-state index is -1.21. The molecule has 0 amide bonds. The molecule has 1 rings (SSSR count). The van der Waals surface area contributed by atoms with Crippen molar-refractivity contribution < 1.29 is 24.2 Å². The van der Waals surface area contributed by atoms with Crippen molar-refractivity contribution in [1.82, 2.24) is 5.32 Å². The van der Waals surface area contributed by atoms with Gasteiger partial charge in [0.2, 0.25) is 0 Å². The van der Waals surface area contributed by atoms with E-state index in [1.165, 1.54) is 51.4 Å². The lowest BCUT2D eigenvalue weighted by Gasteiger charge is -2.28. The lowest BCUT2D eigenvalue weighted by atomic mass is 9.84. The zero-order valence-electron chi connectivity index (χ0n) is 25.9. The second-order valence-corrected chi connectivity index (χ2v) is 12.2. The summed E-state index contributed by atoms with van der Waals surface area (Å²) in [6, 6.07) is 0.582. The van der Waals surface area contributed by atoms with Gasteiger partial charge < -0.3 is 19.9 Å². The third kappa shape index (κ3) is 16.7. The Morgan fingerprint density at radius 1 is 0.692 bits per heavy atom. The predicted octanol–water partition coefficient (Wildman–Crippen LogP) is 7.89. The zero-order chi connectivity index (χ0) is 28.6. The van der Waals surface area contributed by atoms with Crippen molar-refractivity contribution in [3.8, 4) is 0 Å². The maximum Gasteiger partial charge on any atom is 0.323 e. The maximum atomic E-state index is 13.1. The number of esters is 2. The molecule has 0 heterocycles. The van der Waals surface area contributed by atoms with Gasteiger partial charge in [0.1, 0.15) is 0 Å². The Balaban J connectivity index is 2.38. The van der Waals surface area contributed by atoms with Crippen LogP contribution in [0.1, 0.15) is 156 Å². The van der Waals surface area contributed by atoms with Crippen LogP contribution in [0.15, 0.2) is 0 Å². The average Bonchev–Trinajstić information content (AvgIpc) is 2.95. The first-order valence-electron chi connectivity index (χ1n) is 16.7. The van der Waals surface area contributed by atoms with E-state index >= 15 is 0 Å². The summed E-state index contributed by atoms with van der Waals surface area (Å²) in [6.07, 6.45) is 22.6. The van der Waals surface area contributed by atoms with Crippen molar-refractivity contribution in [3.05, 3.63) is 0 Å². The van der Waals surface area contributed by atoms with Crippen molar-refractivity contribution in [2.24, 2.45) is 11.3 Å². The molecule has 0 bridgehead atoms. The van der Waals surface area contributed by atoms with E-state index in [1.54, 1.807) is 6.92 Å². The van der Waals surface area contributed by atoms with E-state index in [1.807, 2.05) is 0 Å². The monoisotopic (exact) mass is 553 g/mol. The minimum Gasteiger partial charge on any atom is -0.465 e. The smallest absolute Gasteiger partial charge is 0.323 e. The summed E-state index contributed by atoms with van der Waals surface area (Å²) in [4.78, 5) is 26.2. The Labute approximate surface area is 240 Å². The molecule has 0 aliphatic heterocycles. The van der Waals surface area contributed by atoms with Crippen LogP contribution in [-0.4, -0.2) is 49.5 Å². The van der Waals surface area contributed by atoms with Crippen molar-refractivity contribution in [2.75, 3.05) is 26.4 Å². The van der Waals surface area contributed by atoms with Gasteiger partial charge in [0.15, 0.2) is 5.41 Å². The molecule has 1 aliphatic rings. The molecular weight excluding hydrogens is 490 g/mol. The number of hydrogen-bond donors (Lipinski definition) is 2. The Bertz CT molecular complexity index is 573. The summed E-state index contributed by atoms with van der Waals surface area (Å²) in [5.41, 5.74) is -1.21. The largest absolute Gasteiger partial charge is 0.465 e. The number of carbonyl (C=O) groups is 2. The SMILES string of the molecule is CCCCCCCCOC(=O)C(C)(CCCCCCNC1CCC(CO)CC1)C(=O)OCCCCCCCC. The van der Waals surface area contributed by atoms with Crippen LogP contribution in [0, 0.1) is 11.3 Å². The van der Waals surface area contributed by atoms with Gasteiger partial charge >= 0.3 is 11.9 Å². The van der Waals surface area contributed by atoms with E-state index in [9.17, 15) is 14.7 Å². The lowest BCUT2D eigenvalue weighted by Crippen LogP contribution is -2.39. The van der Waals surface area contributed by atoms with Gasteiger partial charge in [0.05, 0.1) is 13.2 Å². The predicted molar refractivity (Wildman–Crippen MR) is 161 cm³/mol. The number of ether oxygens (including phenoxy) is 2. The molecule has 0 aromatic carbocycles. The quantitative estimate of drug-likeness (QED) is 0.0679. The van der Waals surface area contributed by atoms with Gasteiger partial charge in [-0.05, 0) is 70.8 Å². The summed E-state index contributed by atoms with van der Waals surface area (Å²) in [6.45, 7) is 8.24. The van der Waals surface area contributed by atoms with Gasteiger partial charge in [0, 0.05) is 12.6 Å².